The summed E-state index contributed by atoms with van der Waals surface area (Å²) >= 11 is 0. The van der Waals surface area contributed by atoms with Gasteiger partial charge in [-0.25, -0.2) is 0 Å². The van der Waals surface area contributed by atoms with Crippen molar-refractivity contribution in [2.75, 3.05) is 20.1 Å². The van der Waals surface area contributed by atoms with Crippen LogP contribution >= 0.6 is 0 Å². The molecule has 0 heterocycles. The first kappa shape index (κ1) is 15.4. The Morgan fingerprint density at radius 3 is 2.39 bits per heavy atom. The lowest BCUT2D eigenvalue weighted by atomic mass is 10.0. The Hall–Kier alpha value is -0.610. The molecule has 1 N–H and O–H groups in total. The minimum atomic E-state index is -0.539. The van der Waals surface area contributed by atoms with Crippen molar-refractivity contribution in [3.63, 3.8) is 0 Å². The number of ether oxygens (including phenoxy) is 1. The van der Waals surface area contributed by atoms with E-state index >= 15 is 0 Å². The van der Waals surface area contributed by atoms with E-state index in [-0.39, 0.29) is 5.97 Å². The molecule has 0 unspecified atom stereocenters. The Labute approximate surface area is 110 Å². The molecule has 1 aliphatic rings. The molecule has 0 bridgehead atoms. The Balaban J connectivity index is 2.24. The molecular weight excluding hydrogens is 230 g/mol. The second-order valence-electron chi connectivity index (χ2n) is 6.51. The summed E-state index contributed by atoms with van der Waals surface area (Å²) in [6.07, 6.45) is 4.35. The van der Waals surface area contributed by atoms with E-state index in [9.17, 15) is 9.90 Å². The average molecular weight is 257 g/mol. The van der Waals surface area contributed by atoms with Crippen molar-refractivity contribution in [1.29, 1.82) is 0 Å². The maximum Gasteiger partial charge on any atom is 0.307 e. The second-order valence-corrected chi connectivity index (χ2v) is 6.51. The van der Waals surface area contributed by atoms with Crippen LogP contribution in [0.15, 0.2) is 0 Å². The van der Waals surface area contributed by atoms with E-state index in [1.165, 1.54) is 0 Å². The summed E-state index contributed by atoms with van der Waals surface area (Å²) in [6, 6.07) is 0. The number of aliphatic hydroxyl groups is 1. The predicted octanol–water partition coefficient (Wildman–Crippen LogP) is 1.96. The quantitative estimate of drug-likeness (QED) is 0.765. The number of esters is 1. The molecule has 1 aliphatic carbocycles. The van der Waals surface area contributed by atoms with Crippen molar-refractivity contribution in [2.24, 2.45) is 0 Å². The van der Waals surface area contributed by atoms with Gasteiger partial charge >= 0.3 is 5.97 Å². The highest BCUT2D eigenvalue weighted by Gasteiger charge is 2.32. The third-order valence-electron chi connectivity index (χ3n) is 3.22. The first-order valence-corrected chi connectivity index (χ1v) is 6.83. The third-order valence-corrected chi connectivity index (χ3v) is 3.22. The van der Waals surface area contributed by atoms with Crippen LogP contribution in [0.25, 0.3) is 0 Å². The van der Waals surface area contributed by atoms with Crippen LogP contribution in [-0.4, -0.2) is 47.3 Å². The molecule has 0 saturated heterocycles. The fourth-order valence-corrected chi connectivity index (χ4v) is 2.45. The highest BCUT2D eigenvalue weighted by Crippen LogP contribution is 2.29. The molecule has 1 fully saturated rings. The van der Waals surface area contributed by atoms with Crippen molar-refractivity contribution in [3.05, 3.63) is 0 Å². The third kappa shape index (κ3) is 5.83. The van der Waals surface area contributed by atoms with E-state index in [1.807, 2.05) is 32.7 Å². The monoisotopic (exact) mass is 257 g/mol. The number of carbonyl (C=O) groups is 1. The highest BCUT2D eigenvalue weighted by atomic mass is 16.6. The van der Waals surface area contributed by atoms with E-state index in [1.54, 1.807) is 0 Å². The average Bonchev–Trinajstić information content (AvgIpc) is 2.59. The van der Waals surface area contributed by atoms with Gasteiger partial charge in [0.25, 0.3) is 0 Å². The van der Waals surface area contributed by atoms with Crippen molar-refractivity contribution in [3.8, 4) is 0 Å². The summed E-state index contributed by atoms with van der Waals surface area (Å²) in [5.74, 6) is -0.173. The predicted molar refractivity (Wildman–Crippen MR) is 71.4 cm³/mol. The van der Waals surface area contributed by atoms with Gasteiger partial charge in [0.1, 0.15) is 5.60 Å². The van der Waals surface area contributed by atoms with Crippen molar-refractivity contribution >= 4 is 5.97 Å². The van der Waals surface area contributed by atoms with Crippen LogP contribution in [0.5, 0.6) is 0 Å². The van der Waals surface area contributed by atoms with Crippen LogP contribution in [-0.2, 0) is 9.53 Å². The van der Waals surface area contributed by atoms with Gasteiger partial charge in [0.05, 0.1) is 12.0 Å². The van der Waals surface area contributed by atoms with Gasteiger partial charge in [0, 0.05) is 13.1 Å². The molecule has 4 heteroatoms. The van der Waals surface area contributed by atoms with Crippen LogP contribution in [0.4, 0.5) is 0 Å². The lowest BCUT2D eigenvalue weighted by molar-refractivity contribution is -0.155. The van der Waals surface area contributed by atoms with Gasteiger partial charge < -0.3 is 14.7 Å². The molecular formula is C14H27NO3. The summed E-state index contributed by atoms with van der Waals surface area (Å²) in [5.41, 5.74) is -0.956. The normalized spacial score (nSPS) is 19.2. The molecule has 0 aromatic carbocycles. The molecule has 1 rings (SSSR count). The first-order chi connectivity index (χ1) is 8.20. The smallest absolute Gasteiger partial charge is 0.307 e. The summed E-state index contributed by atoms with van der Waals surface area (Å²) in [7, 11) is 1.95. The molecule has 0 aromatic rings. The molecule has 0 radical (unpaired) electrons. The van der Waals surface area contributed by atoms with Crippen LogP contribution in [0.3, 0.4) is 0 Å². The molecule has 106 valence electrons. The van der Waals surface area contributed by atoms with E-state index in [4.69, 9.17) is 4.74 Å². The lowest BCUT2D eigenvalue weighted by Crippen LogP contribution is -2.40. The zero-order valence-corrected chi connectivity index (χ0v) is 12.2. The minimum absolute atomic E-state index is 0.173. The van der Waals surface area contributed by atoms with Crippen LogP contribution in [0.2, 0.25) is 0 Å². The van der Waals surface area contributed by atoms with Crippen LogP contribution in [0, 0.1) is 0 Å². The van der Waals surface area contributed by atoms with Gasteiger partial charge in [0.2, 0.25) is 0 Å². The summed E-state index contributed by atoms with van der Waals surface area (Å²) in [5, 5.41) is 10.3. The van der Waals surface area contributed by atoms with Crippen molar-refractivity contribution in [1.82, 2.24) is 4.90 Å². The SMILES string of the molecule is CN(CCC(=O)OC(C)(C)C)CC1(O)CCCC1. The van der Waals surface area contributed by atoms with Crippen LogP contribution < -0.4 is 0 Å². The summed E-state index contributed by atoms with van der Waals surface area (Å²) in [4.78, 5) is 13.6. The molecule has 0 aliphatic heterocycles. The highest BCUT2D eigenvalue weighted by molar-refractivity contribution is 5.70. The fourth-order valence-electron chi connectivity index (χ4n) is 2.45. The van der Waals surface area contributed by atoms with Gasteiger partial charge in [0.15, 0.2) is 0 Å². The van der Waals surface area contributed by atoms with Gasteiger partial charge in [-0.15, -0.1) is 0 Å². The molecule has 0 amide bonds. The Bertz CT molecular complexity index is 277. The Morgan fingerprint density at radius 1 is 1.33 bits per heavy atom. The molecule has 4 nitrogen and oxygen atoms in total. The summed E-state index contributed by atoms with van der Waals surface area (Å²) < 4.78 is 5.26. The lowest BCUT2D eigenvalue weighted by Gasteiger charge is -2.28. The van der Waals surface area contributed by atoms with E-state index in [0.29, 0.717) is 19.5 Å². The Morgan fingerprint density at radius 2 is 1.89 bits per heavy atom. The number of nitrogens with zero attached hydrogens (tertiary/aromatic N) is 1. The number of rotatable bonds is 5. The largest absolute Gasteiger partial charge is 0.460 e. The molecule has 0 spiro atoms. The van der Waals surface area contributed by atoms with Crippen molar-refractivity contribution in [2.45, 2.75) is 64.1 Å². The Kier molecular flexibility index (Phi) is 5.17. The van der Waals surface area contributed by atoms with Gasteiger partial charge in [-0.2, -0.15) is 0 Å². The second kappa shape index (κ2) is 6.02. The standard InChI is InChI=1S/C14H27NO3/c1-13(2,3)18-12(16)7-10-15(4)11-14(17)8-5-6-9-14/h17H,5-11H2,1-4H3. The topological polar surface area (TPSA) is 49.8 Å². The molecule has 1 saturated carbocycles. The van der Waals surface area contributed by atoms with Gasteiger partial charge in [-0.05, 0) is 40.7 Å². The number of hydrogen-bond acceptors (Lipinski definition) is 4. The summed E-state index contributed by atoms with van der Waals surface area (Å²) in [6.45, 7) is 6.90. The van der Waals surface area contributed by atoms with Crippen LogP contribution in [0.1, 0.15) is 52.9 Å². The van der Waals surface area contributed by atoms with Gasteiger partial charge in [-0.1, -0.05) is 12.8 Å². The molecule has 0 atom stereocenters. The van der Waals surface area contributed by atoms with Gasteiger partial charge in [-0.3, -0.25) is 4.79 Å². The van der Waals surface area contributed by atoms with E-state index in [0.717, 1.165) is 25.7 Å². The first-order valence-electron chi connectivity index (χ1n) is 6.83. The number of hydrogen-bond donors (Lipinski definition) is 1. The number of carbonyl (C=O) groups excluding carboxylic acids is 1. The van der Waals surface area contributed by atoms with E-state index < -0.39 is 11.2 Å². The zero-order chi connectivity index (χ0) is 13.8. The molecule has 18 heavy (non-hydrogen) atoms. The molecule has 0 aromatic heterocycles. The minimum Gasteiger partial charge on any atom is -0.460 e. The maximum atomic E-state index is 11.6. The number of likely N-dealkylation sites (N-methyl/N-ethyl adjacent to an activating group) is 1. The van der Waals surface area contributed by atoms with Crippen molar-refractivity contribution < 1.29 is 14.6 Å². The van der Waals surface area contributed by atoms with E-state index in [2.05, 4.69) is 0 Å². The zero-order valence-electron chi connectivity index (χ0n) is 12.2. The fraction of sp³-hybridized carbons (Fsp3) is 0.929. The maximum absolute atomic E-state index is 11.6.